The average Bonchev–Trinajstić information content (AvgIpc) is 2.29. The number of nitrogens with zero attached hydrogens (tertiary/aromatic N) is 1. The van der Waals surface area contributed by atoms with E-state index in [1.54, 1.807) is 0 Å². The minimum atomic E-state index is 0.772. The lowest BCUT2D eigenvalue weighted by Gasteiger charge is -2.34. The van der Waals surface area contributed by atoms with Gasteiger partial charge in [-0.1, -0.05) is 34.1 Å². The summed E-state index contributed by atoms with van der Waals surface area (Å²) in [6.07, 6.45) is 5.53. The fraction of sp³-hybridized carbons (Fsp3) is 1.00. The Morgan fingerprint density at radius 2 is 2.06 bits per heavy atom. The van der Waals surface area contributed by atoms with Gasteiger partial charge in [0.25, 0.3) is 0 Å². The van der Waals surface area contributed by atoms with Crippen LogP contribution >= 0.6 is 0 Å². The van der Waals surface area contributed by atoms with Crippen molar-refractivity contribution in [2.24, 2.45) is 17.8 Å². The lowest BCUT2D eigenvalue weighted by atomic mass is 9.96. The van der Waals surface area contributed by atoms with Gasteiger partial charge in [-0.05, 0) is 56.7 Å². The van der Waals surface area contributed by atoms with Gasteiger partial charge in [-0.2, -0.15) is 0 Å². The van der Waals surface area contributed by atoms with Gasteiger partial charge in [0.1, 0.15) is 0 Å². The first kappa shape index (κ1) is 16.0. The summed E-state index contributed by atoms with van der Waals surface area (Å²) in [7, 11) is 0. The first-order valence-electron chi connectivity index (χ1n) is 8.04. The maximum absolute atomic E-state index is 3.63. The molecule has 1 rings (SSSR count). The zero-order chi connectivity index (χ0) is 13.4. The Labute approximate surface area is 115 Å². The monoisotopic (exact) mass is 254 g/mol. The number of likely N-dealkylation sites (tertiary alicyclic amines) is 1. The van der Waals surface area contributed by atoms with E-state index >= 15 is 0 Å². The van der Waals surface area contributed by atoms with Crippen LogP contribution in [-0.4, -0.2) is 37.6 Å². The molecule has 0 bridgehead atoms. The van der Waals surface area contributed by atoms with Crippen LogP contribution < -0.4 is 5.32 Å². The topological polar surface area (TPSA) is 15.3 Å². The van der Waals surface area contributed by atoms with Gasteiger partial charge in [0.2, 0.25) is 0 Å². The van der Waals surface area contributed by atoms with E-state index in [-0.39, 0.29) is 0 Å². The third kappa shape index (κ3) is 6.75. The fourth-order valence-corrected chi connectivity index (χ4v) is 3.08. The van der Waals surface area contributed by atoms with Crippen molar-refractivity contribution in [2.75, 3.05) is 32.7 Å². The molecule has 0 aromatic heterocycles. The summed E-state index contributed by atoms with van der Waals surface area (Å²) >= 11 is 0. The van der Waals surface area contributed by atoms with Crippen molar-refractivity contribution in [3.05, 3.63) is 0 Å². The van der Waals surface area contributed by atoms with Crippen LogP contribution in [0.1, 0.15) is 53.4 Å². The van der Waals surface area contributed by atoms with Crippen LogP contribution in [0.2, 0.25) is 0 Å². The maximum atomic E-state index is 3.63. The van der Waals surface area contributed by atoms with E-state index in [4.69, 9.17) is 0 Å². The van der Waals surface area contributed by atoms with Gasteiger partial charge in [0.15, 0.2) is 0 Å². The first-order chi connectivity index (χ1) is 8.61. The average molecular weight is 254 g/mol. The fourth-order valence-electron chi connectivity index (χ4n) is 3.08. The largest absolute Gasteiger partial charge is 0.316 e. The Bertz CT molecular complexity index is 203. The van der Waals surface area contributed by atoms with Crippen molar-refractivity contribution in [2.45, 2.75) is 53.4 Å². The summed E-state index contributed by atoms with van der Waals surface area (Å²) in [5, 5.41) is 3.63. The second-order valence-corrected chi connectivity index (χ2v) is 6.71. The third-order valence-corrected chi connectivity index (χ3v) is 3.94. The number of piperidine rings is 1. The zero-order valence-electron chi connectivity index (χ0n) is 13.0. The highest BCUT2D eigenvalue weighted by atomic mass is 15.1. The van der Waals surface area contributed by atoms with Gasteiger partial charge in [-0.15, -0.1) is 0 Å². The molecule has 1 saturated heterocycles. The van der Waals surface area contributed by atoms with Crippen LogP contribution in [0.25, 0.3) is 0 Å². The molecular formula is C16H34N2. The molecule has 2 atom stereocenters. The van der Waals surface area contributed by atoms with E-state index in [1.165, 1.54) is 58.4 Å². The number of rotatable bonds is 8. The summed E-state index contributed by atoms with van der Waals surface area (Å²) < 4.78 is 0. The molecule has 2 unspecified atom stereocenters. The zero-order valence-corrected chi connectivity index (χ0v) is 13.0. The van der Waals surface area contributed by atoms with Gasteiger partial charge >= 0.3 is 0 Å². The molecular weight excluding hydrogens is 220 g/mol. The maximum Gasteiger partial charge on any atom is 0.00219 e. The van der Waals surface area contributed by atoms with Crippen LogP contribution in [0, 0.1) is 17.8 Å². The van der Waals surface area contributed by atoms with E-state index in [9.17, 15) is 0 Å². The van der Waals surface area contributed by atoms with E-state index in [0.717, 1.165) is 17.8 Å². The molecule has 0 radical (unpaired) electrons. The Morgan fingerprint density at radius 3 is 2.72 bits per heavy atom. The quantitative estimate of drug-likeness (QED) is 0.714. The molecule has 1 aliphatic heterocycles. The van der Waals surface area contributed by atoms with Crippen LogP contribution in [0.5, 0.6) is 0 Å². The minimum absolute atomic E-state index is 0.772. The molecule has 0 aromatic carbocycles. The van der Waals surface area contributed by atoms with Gasteiger partial charge < -0.3 is 10.2 Å². The molecule has 2 nitrogen and oxygen atoms in total. The molecule has 108 valence electrons. The molecule has 0 spiro atoms. The van der Waals surface area contributed by atoms with Crippen molar-refractivity contribution in [1.82, 2.24) is 10.2 Å². The molecule has 2 heteroatoms. The van der Waals surface area contributed by atoms with E-state index in [1.807, 2.05) is 0 Å². The molecule has 0 aromatic rings. The minimum Gasteiger partial charge on any atom is -0.316 e. The molecule has 1 heterocycles. The van der Waals surface area contributed by atoms with E-state index < -0.39 is 0 Å². The highest BCUT2D eigenvalue weighted by molar-refractivity contribution is 4.76. The second-order valence-electron chi connectivity index (χ2n) is 6.71. The van der Waals surface area contributed by atoms with Crippen LogP contribution in [-0.2, 0) is 0 Å². The van der Waals surface area contributed by atoms with Gasteiger partial charge in [0.05, 0.1) is 0 Å². The van der Waals surface area contributed by atoms with E-state index in [0.29, 0.717) is 0 Å². The molecule has 0 aliphatic carbocycles. The van der Waals surface area contributed by atoms with E-state index in [2.05, 4.69) is 37.9 Å². The normalized spacial score (nSPS) is 23.5. The standard InChI is InChI=1S/C16H34N2/c1-5-7-15(4)12-18-9-6-8-16(13-18)11-17-10-14(2)3/h14-17H,5-13H2,1-4H3. The number of hydrogen-bond donors (Lipinski definition) is 1. The van der Waals surface area contributed by atoms with Gasteiger partial charge in [0, 0.05) is 13.1 Å². The molecule has 18 heavy (non-hydrogen) atoms. The predicted octanol–water partition coefficient (Wildman–Crippen LogP) is 3.38. The van der Waals surface area contributed by atoms with Crippen molar-refractivity contribution < 1.29 is 0 Å². The van der Waals surface area contributed by atoms with Crippen molar-refractivity contribution in [1.29, 1.82) is 0 Å². The Hall–Kier alpha value is -0.0800. The summed E-state index contributed by atoms with van der Waals surface area (Å²) in [6.45, 7) is 15.6. The second kappa shape index (κ2) is 8.92. The highest BCUT2D eigenvalue weighted by Crippen LogP contribution is 2.18. The molecule has 0 amide bonds. The lowest BCUT2D eigenvalue weighted by molar-refractivity contribution is 0.150. The van der Waals surface area contributed by atoms with Crippen LogP contribution in [0.4, 0.5) is 0 Å². The lowest BCUT2D eigenvalue weighted by Crippen LogP contribution is -2.41. The number of hydrogen-bond acceptors (Lipinski definition) is 2. The molecule has 0 saturated carbocycles. The third-order valence-electron chi connectivity index (χ3n) is 3.94. The summed E-state index contributed by atoms with van der Waals surface area (Å²) in [5.74, 6) is 2.53. The Morgan fingerprint density at radius 1 is 1.28 bits per heavy atom. The van der Waals surface area contributed by atoms with Crippen molar-refractivity contribution in [3.8, 4) is 0 Å². The summed E-state index contributed by atoms with van der Waals surface area (Å²) in [5.41, 5.74) is 0. The molecule has 1 aliphatic rings. The summed E-state index contributed by atoms with van der Waals surface area (Å²) in [4.78, 5) is 2.70. The molecule has 1 fully saturated rings. The molecule has 1 N–H and O–H groups in total. The first-order valence-corrected chi connectivity index (χ1v) is 8.04. The van der Waals surface area contributed by atoms with Crippen molar-refractivity contribution >= 4 is 0 Å². The van der Waals surface area contributed by atoms with Crippen molar-refractivity contribution in [3.63, 3.8) is 0 Å². The number of nitrogens with one attached hydrogen (secondary N) is 1. The highest BCUT2D eigenvalue weighted by Gasteiger charge is 2.20. The van der Waals surface area contributed by atoms with Crippen LogP contribution in [0.3, 0.4) is 0 Å². The Balaban J connectivity index is 2.19. The SMILES string of the molecule is CCCC(C)CN1CCCC(CNCC(C)C)C1. The smallest absolute Gasteiger partial charge is 0.00219 e. The van der Waals surface area contributed by atoms with Gasteiger partial charge in [-0.25, -0.2) is 0 Å². The predicted molar refractivity (Wildman–Crippen MR) is 80.9 cm³/mol. The summed E-state index contributed by atoms with van der Waals surface area (Å²) in [6, 6.07) is 0. The van der Waals surface area contributed by atoms with Gasteiger partial charge in [-0.3, -0.25) is 0 Å². The van der Waals surface area contributed by atoms with Crippen LogP contribution in [0.15, 0.2) is 0 Å². The Kier molecular flexibility index (Phi) is 7.92.